The molecule has 1 heterocycles. The van der Waals surface area contributed by atoms with E-state index in [0.29, 0.717) is 35.4 Å². The molecule has 0 aliphatic heterocycles. The van der Waals surface area contributed by atoms with Crippen LogP contribution < -0.4 is 11.1 Å². The molecule has 3 aromatic rings. The number of rotatable bonds is 9. The quantitative estimate of drug-likeness (QED) is 0.386. The molecule has 1 atom stereocenters. The summed E-state index contributed by atoms with van der Waals surface area (Å²) in [6, 6.07) is 13.7. The van der Waals surface area contributed by atoms with Crippen molar-refractivity contribution < 1.29 is 14.3 Å². The van der Waals surface area contributed by atoms with E-state index >= 15 is 0 Å². The molecule has 2 aromatic carbocycles. The average molecular weight is 433 g/mol. The Hall–Kier alpha value is -3.91. The van der Waals surface area contributed by atoms with Crippen LogP contribution in [0.4, 0.5) is 4.39 Å². The van der Waals surface area contributed by atoms with Gasteiger partial charge < -0.3 is 21.6 Å². The molecule has 32 heavy (non-hydrogen) atoms. The first-order valence-corrected chi connectivity index (χ1v) is 10.1. The van der Waals surface area contributed by atoms with Crippen LogP contribution in [0, 0.1) is 11.2 Å². The first-order chi connectivity index (χ1) is 15.5. The smallest absolute Gasteiger partial charge is 0.252 e. The summed E-state index contributed by atoms with van der Waals surface area (Å²) in [5.41, 5.74) is 7.67. The van der Waals surface area contributed by atoms with Crippen molar-refractivity contribution in [1.29, 1.82) is 5.41 Å². The van der Waals surface area contributed by atoms with Crippen molar-refractivity contribution in [2.45, 2.75) is 18.9 Å². The van der Waals surface area contributed by atoms with Gasteiger partial charge in [-0.3, -0.25) is 4.79 Å². The number of benzene rings is 2. The van der Waals surface area contributed by atoms with Crippen LogP contribution in [0.5, 0.6) is 0 Å². The zero-order chi connectivity index (χ0) is 22.9. The molecule has 164 valence electrons. The number of nitrogens with two attached hydrogens (primary N) is 1. The molecule has 1 amide bonds. The van der Waals surface area contributed by atoms with Crippen molar-refractivity contribution in [2.75, 3.05) is 6.61 Å². The number of carbonyl (C=O) groups excluding carboxylic acids is 1. The van der Waals surface area contributed by atoms with Crippen LogP contribution in [0.25, 0.3) is 5.70 Å². The SMILES string of the molecule is N=C(/C=C(\N)c1ccc(F)cc1)c1ccccc1C(=O)N[C@@H](CCO)Cc1ncccn1. The highest BCUT2D eigenvalue weighted by molar-refractivity contribution is 6.15. The maximum atomic E-state index is 13.1. The molecule has 0 fully saturated rings. The van der Waals surface area contributed by atoms with Gasteiger partial charge in [0.05, 0.1) is 5.71 Å². The van der Waals surface area contributed by atoms with Gasteiger partial charge in [-0.15, -0.1) is 0 Å². The molecule has 0 saturated carbocycles. The third-order valence-electron chi connectivity index (χ3n) is 4.80. The number of amides is 1. The van der Waals surface area contributed by atoms with E-state index in [4.69, 9.17) is 11.1 Å². The number of allylic oxidation sites excluding steroid dienone is 1. The van der Waals surface area contributed by atoms with Crippen LogP contribution >= 0.6 is 0 Å². The lowest BCUT2D eigenvalue weighted by Crippen LogP contribution is -2.38. The predicted octanol–water partition coefficient (Wildman–Crippen LogP) is 2.71. The number of aromatic nitrogens is 2. The summed E-state index contributed by atoms with van der Waals surface area (Å²) in [5, 5.41) is 20.8. The van der Waals surface area contributed by atoms with E-state index in [1.165, 1.54) is 30.3 Å². The lowest BCUT2D eigenvalue weighted by atomic mass is 9.99. The van der Waals surface area contributed by atoms with Gasteiger partial charge in [-0.05, 0) is 42.3 Å². The second-order valence-corrected chi connectivity index (χ2v) is 7.12. The number of nitrogens with zero attached hydrogens (tertiary/aromatic N) is 2. The van der Waals surface area contributed by atoms with Crippen LogP contribution in [-0.4, -0.2) is 39.3 Å². The highest BCUT2D eigenvalue weighted by Gasteiger charge is 2.19. The minimum atomic E-state index is -0.381. The Morgan fingerprint density at radius 3 is 2.41 bits per heavy atom. The Morgan fingerprint density at radius 1 is 1.09 bits per heavy atom. The highest BCUT2D eigenvalue weighted by Crippen LogP contribution is 2.15. The van der Waals surface area contributed by atoms with Crippen LogP contribution in [0.15, 0.2) is 73.1 Å². The molecule has 0 aliphatic carbocycles. The Labute approximate surface area is 185 Å². The molecule has 0 saturated heterocycles. The number of nitrogens with one attached hydrogen (secondary N) is 2. The Bertz CT molecular complexity index is 1100. The van der Waals surface area contributed by atoms with E-state index in [9.17, 15) is 14.3 Å². The van der Waals surface area contributed by atoms with Gasteiger partial charge in [-0.2, -0.15) is 0 Å². The van der Waals surface area contributed by atoms with Gasteiger partial charge in [0.1, 0.15) is 11.6 Å². The maximum absolute atomic E-state index is 13.1. The number of aliphatic hydroxyl groups is 1. The van der Waals surface area contributed by atoms with Gasteiger partial charge in [-0.25, -0.2) is 14.4 Å². The van der Waals surface area contributed by atoms with Crippen LogP contribution in [0.1, 0.15) is 33.7 Å². The van der Waals surface area contributed by atoms with Crippen molar-refractivity contribution in [3.8, 4) is 0 Å². The summed E-state index contributed by atoms with van der Waals surface area (Å²) in [7, 11) is 0. The van der Waals surface area contributed by atoms with E-state index in [1.54, 1.807) is 42.7 Å². The molecular formula is C24H24FN5O2. The van der Waals surface area contributed by atoms with Crippen molar-refractivity contribution >= 4 is 17.3 Å². The van der Waals surface area contributed by atoms with Crippen molar-refractivity contribution in [3.05, 3.63) is 101 Å². The number of hydrogen-bond donors (Lipinski definition) is 4. The van der Waals surface area contributed by atoms with Gasteiger partial charge in [0.15, 0.2) is 0 Å². The fourth-order valence-corrected chi connectivity index (χ4v) is 3.17. The topological polar surface area (TPSA) is 125 Å². The zero-order valence-electron chi connectivity index (χ0n) is 17.3. The monoisotopic (exact) mass is 433 g/mol. The third kappa shape index (κ3) is 6.05. The van der Waals surface area contributed by atoms with Crippen molar-refractivity contribution in [3.63, 3.8) is 0 Å². The molecule has 0 radical (unpaired) electrons. The average Bonchev–Trinajstić information content (AvgIpc) is 2.80. The minimum absolute atomic E-state index is 0.0441. The van der Waals surface area contributed by atoms with E-state index in [2.05, 4.69) is 15.3 Å². The predicted molar refractivity (Wildman–Crippen MR) is 121 cm³/mol. The van der Waals surface area contributed by atoms with Gasteiger partial charge in [-0.1, -0.05) is 30.3 Å². The fourth-order valence-electron chi connectivity index (χ4n) is 3.17. The first kappa shape index (κ1) is 22.8. The summed E-state index contributed by atoms with van der Waals surface area (Å²) < 4.78 is 13.1. The van der Waals surface area contributed by atoms with Gasteiger partial charge in [0.2, 0.25) is 0 Å². The van der Waals surface area contributed by atoms with E-state index < -0.39 is 0 Å². The largest absolute Gasteiger partial charge is 0.398 e. The molecule has 8 heteroatoms. The zero-order valence-corrected chi connectivity index (χ0v) is 17.3. The van der Waals surface area contributed by atoms with Crippen LogP contribution in [0.2, 0.25) is 0 Å². The molecule has 0 unspecified atom stereocenters. The Balaban J connectivity index is 1.79. The molecule has 0 spiro atoms. The Morgan fingerprint density at radius 2 is 1.75 bits per heavy atom. The second-order valence-electron chi connectivity index (χ2n) is 7.12. The van der Waals surface area contributed by atoms with Crippen LogP contribution in [0.3, 0.4) is 0 Å². The fraction of sp³-hybridized carbons (Fsp3) is 0.167. The van der Waals surface area contributed by atoms with Gasteiger partial charge >= 0.3 is 0 Å². The summed E-state index contributed by atoms with van der Waals surface area (Å²) in [4.78, 5) is 21.4. The maximum Gasteiger partial charge on any atom is 0.252 e. The lowest BCUT2D eigenvalue weighted by molar-refractivity contribution is 0.0929. The van der Waals surface area contributed by atoms with Crippen LogP contribution in [-0.2, 0) is 6.42 Å². The molecule has 3 rings (SSSR count). The number of carbonyl (C=O) groups is 1. The Kier molecular flexibility index (Phi) is 7.77. The molecular weight excluding hydrogens is 409 g/mol. The van der Waals surface area contributed by atoms with E-state index in [1.807, 2.05) is 0 Å². The third-order valence-corrected chi connectivity index (χ3v) is 4.80. The highest BCUT2D eigenvalue weighted by atomic mass is 19.1. The molecule has 7 nitrogen and oxygen atoms in total. The number of aliphatic hydroxyl groups excluding tert-OH is 1. The number of halogens is 1. The van der Waals surface area contributed by atoms with Crippen molar-refractivity contribution in [1.82, 2.24) is 15.3 Å². The standard InChI is InChI=1S/C24H24FN5O2/c25-17-8-6-16(7-9-17)21(26)15-22(27)19-4-1-2-5-20(19)24(32)30-18(10-13-31)14-23-28-11-3-12-29-23/h1-9,11-12,15,18,27,31H,10,13-14,26H2,(H,30,32)/b21-15-,27-22?/t18-/m0/s1. The molecule has 1 aromatic heterocycles. The summed E-state index contributed by atoms with van der Waals surface area (Å²) in [5.74, 6) is -0.201. The lowest BCUT2D eigenvalue weighted by Gasteiger charge is -2.18. The summed E-state index contributed by atoms with van der Waals surface area (Å²) in [6.07, 6.45) is 5.37. The van der Waals surface area contributed by atoms with E-state index in [0.717, 1.165) is 0 Å². The molecule has 5 N–H and O–H groups in total. The molecule has 0 aliphatic rings. The first-order valence-electron chi connectivity index (χ1n) is 10.1. The second kappa shape index (κ2) is 10.9. The number of hydrogen-bond acceptors (Lipinski definition) is 6. The summed E-state index contributed by atoms with van der Waals surface area (Å²) >= 11 is 0. The van der Waals surface area contributed by atoms with Gasteiger partial charge in [0.25, 0.3) is 5.91 Å². The summed E-state index contributed by atoms with van der Waals surface area (Å²) in [6.45, 7) is -0.105. The normalized spacial score (nSPS) is 12.2. The molecule has 0 bridgehead atoms. The van der Waals surface area contributed by atoms with Crippen molar-refractivity contribution in [2.24, 2.45) is 5.73 Å². The van der Waals surface area contributed by atoms with E-state index in [-0.39, 0.29) is 35.8 Å². The minimum Gasteiger partial charge on any atom is -0.398 e. The van der Waals surface area contributed by atoms with Gasteiger partial charge in [0, 0.05) is 48.3 Å².